The topological polar surface area (TPSA) is 61.5 Å². The molecule has 0 aliphatic rings. The predicted octanol–water partition coefficient (Wildman–Crippen LogP) is 2.77. The smallest absolute Gasteiger partial charge is 0.316 e. The number of carbonyl (C=O) groups excluding carboxylic acids is 1. The van der Waals surface area contributed by atoms with Crippen LogP contribution in [0.3, 0.4) is 0 Å². The quantitative estimate of drug-likeness (QED) is 0.818. The van der Waals surface area contributed by atoms with E-state index in [2.05, 4.69) is 0 Å². The Labute approximate surface area is 125 Å². The molecule has 0 radical (unpaired) electrons. The van der Waals surface area contributed by atoms with Gasteiger partial charge in [-0.25, -0.2) is 0 Å². The largest absolute Gasteiger partial charge is 0.496 e. The van der Waals surface area contributed by atoms with E-state index in [4.69, 9.17) is 15.2 Å². The number of hydrogen-bond acceptors (Lipinski definition) is 5. The zero-order valence-electron chi connectivity index (χ0n) is 12.5. The summed E-state index contributed by atoms with van der Waals surface area (Å²) in [5.74, 6) is 1.51. The lowest BCUT2D eigenvalue weighted by Crippen LogP contribution is -2.25. The number of carbonyl (C=O) groups is 1. The van der Waals surface area contributed by atoms with E-state index in [1.54, 1.807) is 7.11 Å². The molecule has 0 aromatic heterocycles. The maximum atomic E-state index is 11.6. The van der Waals surface area contributed by atoms with E-state index < -0.39 is 5.60 Å². The highest BCUT2D eigenvalue weighted by Gasteiger charge is 2.17. The summed E-state index contributed by atoms with van der Waals surface area (Å²) in [6.45, 7) is 5.57. The van der Waals surface area contributed by atoms with E-state index in [1.165, 1.54) is 11.8 Å². The third-order valence-corrected chi connectivity index (χ3v) is 3.51. The van der Waals surface area contributed by atoms with Crippen LogP contribution in [-0.2, 0) is 9.53 Å². The Morgan fingerprint density at radius 2 is 2.00 bits per heavy atom. The van der Waals surface area contributed by atoms with E-state index in [9.17, 15) is 4.79 Å². The van der Waals surface area contributed by atoms with Gasteiger partial charge in [0.1, 0.15) is 11.4 Å². The summed E-state index contributed by atoms with van der Waals surface area (Å²) in [4.78, 5) is 11.6. The molecule has 0 spiro atoms. The van der Waals surface area contributed by atoms with Crippen molar-refractivity contribution in [2.24, 2.45) is 5.73 Å². The van der Waals surface area contributed by atoms with E-state index >= 15 is 0 Å². The lowest BCUT2D eigenvalue weighted by molar-refractivity contribution is -0.151. The summed E-state index contributed by atoms with van der Waals surface area (Å²) in [6, 6.07) is 7.49. The van der Waals surface area contributed by atoms with Gasteiger partial charge in [-0.2, -0.15) is 0 Å². The van der Waals surface area contributed by atoms with Crippen LogP contribution in [0.15, 0.2) is 24.3 Å². The normalized spacial score (nSPS) is 12.8. The standard InChI is InChI=1S/C15H23NO3S/c1-15(2,3)19-14(17)10-20-9-12(16)11-7-5-6-8-13(11)18-4/h5-8,12H,9-10,16H2,1-4H3. The van der Waals surface area contributed by atoms with Crippen LogP contribution in [0.2, 0.25) is 0 Å². The van der Waals surface area contributed by atoms with Gasteiger partial charge in [0.2, 0.25) is 0 Å². The predicted molar refractivity (Wildman–Crippen MR) is 83.1 cm³/mol. The minimum absolute atomic E-state index is 0.168. The van der Waals surface area contributed by atoms with Crippen LogP contribution in [0.4, 0.5) is 0 Å². The summed E-state index contributed by atoms with van der Waals surface area (Å²) in [5.41, 5.74) is 6.64. The average Bonchev–Trinajstić information content (AvgIpc) is 2.36. The molecular formula is C15H23NO3S. The Balaban J connectivity index is 2.44. The van der Waals surface area contributed by atoms with Crippen molar-refractivity contribution in [3.05, 3.63) is 29.8 Å². The zero-order chi connectivity index (χ0) is 15.2. The van der Waals surface area contributed by atoms with Gasteiger partial charge in [0.15, 0.2) is 0 Å². The van der Waals surface area contributed by atoms with Crippen molar-refractivity contribution in [3.8, 4) is 5.75 Å². The van der Waals surface area contributed by atoms with Crippen LogP contribution in [0.25, 0.3) is 0 Å². The first-order valence-corrected chi connectivity index (χ1v) is 7.67. The van der Waals surface area contributed by atoms with Gasteiger partial charge in [0, 0.05) is 17.4 Å². The van der Waals surface area contributed by atoms with Crippen molar-refractivity contribution in [2.45, 2.75) is 32.4 Å². The van der Waals surface area contributed by atoms with Crippen molar-refractivity contribution in [3.63, 3.8) is 0 Å². The van der Waals surface area contributed by atoms with E-state index in [0.717, 1.165) is 11.3 Å². The first kappa shape index (κ1) is 16.9. The molecule has 0 aliphatic carbocycles. The molecule has 0 bridgehead atoms. The van der Waals surface area contributed by atoms with Gasteiger partial charge in [0.05, 0.1) is 12.9 Å². The molecule has 2 N–H and O–H groups in total. The SMILES string of the molecule is COc1ccccc1C(N)CSCC(=O)OC(C)(C)C. The monoisotopic (exact) mass is 297 g/mol. The van der Waals surface area contributed by atoms with Crippen molar-refractivity contribution in [1.82, 2.24) is 0 Å². The Kier molecular flexibility index (Phi) is 6.36. The highest BCUT2D eigenvalue weighted by Crippen LogP contribution is 2.25. The minimum atomic E-state index is -0.442. The maximum absolute atomic E-state index is 11.6. The number of hydrogen-bond donors (Lipinski definition) is 1. The fraction of sp³-hybridized carbons (Fsp3) is 0.533. The molecule has 1 atom stereocenters. The van der Waals surface area contributed by atoms with Crippen molar-refractivity contribution < 1.29 is 14.3 Å². The van der Waals surface area contributed by atoms with Gasteiger partial charge in [-0.05, 0) is 26.8 Å². The molecule has 1 rings (SSSR count). The number of esters is 1. The molecule has 112 valence electrons. The number of para-hydroxylation sites is 1. The second-order valence-electron chi connectivity index (χ2n) is 5.45. The van der Waals surface area contributed by atoms with Crippen molar-refractivity contribution >= 4 is 17.7 Å². The number of ether oxygens (including phenoxy) is 2. The third kappa shape index (κ3) is 5.84. The molecule has 0 heterocycles. The van der Waals surface area contributed by atoms with Crippen LogP contribution >= 0.6 is 11.8 Å². The molecule has 0 saturated carbocycles. The number of rotatable bonds is 6. The first-order valence-electron chi connectivity index (χ1n) is 6.51. The second-order valence-corrected chi connectivity index (χ2v) is 6.48. The first-order chi connectivity index (χ1) is 9.33. The Morgan fingerprint density at radius 3 is 2.60 bits per heavy atom. The highest BCUT2D eigenvalue weighted by atomic mass is 32.2. The van der Waals surface area contributed by atoms with Gasteiger partial charge in [-0.3, -0.25) is 4.79 Å². The molecule has 4 nitrogen and oxygen atoms in total. The number of thioether (sulfide) groups is 1. The molecular weight excluding hydrogens is 274 g/mol. The summed E-state index contributed by atoms with van der Waals surface area (Å²) >= 11 is 1.47. The molecule has 0 fully saturated rings. The van der Waals surface area contributed by atoms with Gasteiger partial charge >= 0.3 is 5.97 Å². The van der Waals surface area contributed by atoms with Crippen molar-refractivity contribution in [1.29, 1.82) is 0 Å². The Bertz CT molecular complexity index is 443. The molecule has 1 aromatic carbocycles. The van der Waals surface area contributed by atoms with Gasteiger partial charge in [-0.15, -0.1) is 11.8 Å². The summed E-state index contributed by atoms with van der Waals surface area (Å²) < 4.78 is 10.5. The third-order valence-electron chi connectivity index (χ3n) is 2.48. The summed E-state index contributed by atoms with van der Waals surface area (Å²) in [6.07, 6.45) is 0. The number of benzene rings is 1. The molecule has 1 aromatic rings. The lowest BCUT2D eigenvalue weighted by atomic mass is 10.1. The number of methoxy groups -OCH3 is 1. The molecule has 0 saturated heterocycles. The summed E-state index contributed by atoms with van der Waals surface area (Å²) in [7, 11) is 1.62. The van der Waals surface area contributed by atoms with Crippen LogP contribution in [0.1, 0.15) is 32.4 Å². The van der Waals surface area contributed by atoms with Crippen LogP contribution in [0.5, 0.6) is 5.75 Å². The van der Waals surface area contributed by atoms with Gasteiger partial charge < -0.3 is 15.2 Å². The van der Waals surface area contributed by atoms with Crippen LogP contribution < -0.4 is 10.5 Å². The van der Waals surface area contributed by atoms with E-state index in [-0.39, 0.29) is 12.0 Å². The Morgan fingerprint density at radius 1 is 1.35 bits per heavy atom. The van der Waals surface area contributed by atoms with Crippen LogP contribution in [-0.4, -0.2) is 30.2 Å². The van der Waals surface area contributed by atoms with Crippen molar-refractivity contribution in [2.75, 3.05) is 18.6 Å². The number of nitrogens with two attached hydrogens (primary N) is 1. The molecule has 0 amide bonds. The molecule has 0 aliphatic heterocycles. The minimum Gasteiger partial charge on any atom is -0.496 e. The van der Waals surface area contributed by atoms with Gasteiger partial charge in [0.25, 0.3) is 0 Å². The molecule has 5 heteroatoms. The second kappa shape index (κ2) is 7.55. The van der Waals surface area contributed by atoms with Crippen LogP contribution in [0, 0.1) is 0 Å². The summed E-state index contributed by atoms with van der Waals surface area (Å²) in [5, 5.41) is 0. The average molecular weight is 297 g/mol. The van der Waals surface area contributed by atoms with E-state index in [1.807, 2.05) is 45.0 Å². The molecule has 1 unspecified atom stereocenters. The highest BCUT2D eigenvalue weighted by molar-refractivity contribution is 7.99. The molecule has 20 heavy (non-hydrogen) atoms. The maximum Gasteiger partial charge on any atom is 0.316 e. The fourth-order valence-corrected chi connectivity index (χ4v) is 2.48. The fourth-order valence-electron chi connectivity index (χ4n) is 1.70. The van der Waals surface area contributed by atoms with E-state index in [0.29, 0.717) is 11.5 Å². The van der Waals surface area contributed by atoms with Gasteiger partial charge in [-0.1, -0.05) is 18.2 Å². The lowest BCUT2D eigenvalue weighted by Gasteiger charge is -2.20. The zero-order valence-corrected chi connectivity index (χ0v) is 13.3. The Hall–Kier alpha value is -1.20.